The van der Waals surface area contributed by atoms with E-state index in [2.05, 4.69) is 10.3 Å². The number of carbonyl (C=O) groups is 2. The summed E-state index contributed by atoms with van der Waals surface area (Å²) < 4.78 is 6.57. The Bertz CT molecular complexity index is 681. The Labute approximate surface area is 120 Å². The number of nitrogens with one attached hydrogen (secondary N) is 1. The van der Waals surface area contributed by atoms with E-state index in [1.54, 1.807) is 31.4 Å². The Morgan fingerprint density at radius 2 is 2.29 bits per heavy atom. The smallest absolute Gasteiger partial charge is 0.372 e. The molecular formula is C13H14N4O4. The molecule has 4 N–H and O–H groups in total. The summed E-state index contributed by atoms with van der Waals surface area (Å²) in [5, 5.41) is 11.0. The van der Waals surface area contributed by atoms with Crippen molar-refractivity contribution in [2.45, 2.75) is 0 Å². The number of fused-ring (bicyclic) bond motifs is 1. The van der Waals surface area contributed by atoms with Crippen LogP contribution in [-0.2, 0) is 11.8 Å². The van der Waals surface area contributed by atoms with Gasteiger partial charge in [-0.05, 0) is 18.2 Å². The molecule has 0 fully saturated rings. The highest BCUT2D eigenvalue weighted by molar-refractivity contribution is 5.95. The number of imidazole rings is 1. The number of amides is 1. The van der Waals surface area contributed by atoms with Crippen molar-refractivity contribution < 1.29 is 19.4 Å². The highest BCUT2D eigenvalue weighted by Gasteiger charge is 2.14. The van der Waals surface area contributed by atoms with Crippen molar-refractivity contribution in [2.75, 3.05) is 17.7 Å². The Hall–Kier alpha value is -3.03. The predicted octanol–water partition coefficient (Wildman–Crippen LogP) is 0.718. The zero-order valence-corrected chi connectivity index (χ0v) is 11.2. The van der Waals surface area contributed by atoms with Crippen LogP contribution in [0.1, 0.15) is 10.6 Å². The molecule has 3 rings (SSSR count). The van der Waals surface area contributed by atoms with E-state index in [9.17, 15) is 9.59 Å². The molecule has 1 aromatic carbocycles. The van der Waals surface area contributed by atoms with Crippen LogP contribution in [0.2, 0.25) is 0 Å². The lowest BCUT2D eigenvalue weighted by Gasteiger charge is -2.17. The fourth-order valence-electron chi connectivity index (χ4n) is 1.67. The van der Waals surface area contributed by atoms with Crippen LogP contribution in [-0.4, -0.2) is 33.1 Å². The first kappa shape index (κ1) is 14.4. The molecule has 110 valence electrons. The van der Waals surface area contributed by atoms with E-state index < -0.39 is 5.97 Å². The summed E-state index contributed by atoms with van der Waals surface area (Å²) in [6.45, 7) is 0.0803. The zero-order valence-electron chi connectivity index (χ0n) is 11.2. The van der Waals surface area contributed by atoms with Crippen LogP contribution in [0.3, 0.4) is 0 Å². The van der Waals surface area contributed by atoms with Crippen molar-refractivity contribution in [1.29, 1.82) is 0 Å². The Balaban J connectivity index is 0.000000161. The molecule has 2 heterocycles. The molecule has 1 aromatic heterocycles. The number of hydrogen-bond donors (Lipinski definition) is 3. The number of nitrogens with zero attached hydrogens (tertiary/aromatic N) is 2. The maximum atomic E-state index is 10.9. The number of carbonyl (C=O) groups excluding carboxylic acids is 1. The Morgan fingerprint density at radius 1 is 1.52 bits per heavy atom. The van der Waals surface area contributed by atoms with Gasteiger partial charge in [-0.2, -0.15) is 0 Å². The topological polar surface area (TPSA) is 119 Å². The minimum Gasteiger partial charge on any atom is -0.482 e. The number of ether oxygens (including phenoxy) is 1. The fourth-order valence-corrected chi connectivity index (χ4v) is 1.67. The number of aromatic carboxylic acids is 1. The van der Waals surface area contributed by atoms with Gasteiger partial charge in [-0.3, -0.25) is 4.79 Å². The molecule has 0 radical (unpaired) electrons. The van der Waals surface area contributed by atoms with Gasteiger partial charge >= 0.3 is 5.97 Å². The second kappa shape index (κ2) is 5.95. The van der Waals surface area contributed by atoms with E-state index in [1.807, 2.05) is 0 Å². The highest BCUT2D eigenvalue weighted by atomic mass is 16.5. The lowest BCUT2D eigenvalue weighted by atomic mass is 10.2. The number of nitrogens with two attached hydrogens (primary N) is 1. The first-order chi connectivity index (χ1) is 9.97. The van der Waals surface area contributed by atoms with E-state index in [-0.39, 0.29) is 18.3 Å². The molecule has 0 unspecified atom stereocenters. The quantitative estimate of drug-likeness (QED) is 0.666. The van der Waals surface area contributed by atoms with Gasteiger partial charge < -0.3 is 25.5 Å². The van der Waals surface area contributed by atoms with Gasteiger partial charge in [0.1, 0.15) is 5.75 Å². The van der Waals surface area contributed by atoms with E-state index in [4.69, 9.17) is 15.6 Å². The second-order valence-electron chi connectivity index (χ2n) is 4.26. The van der Waals surface area contributed by atoms with Crippen molar-refractivity contribution >= 4 is 23.3 Å². The van der Waals surface area contributed by atoms with Crippen molar-refractivity contribution in [3.63, 3.8) is 0 Å². The molecule has 1 aliphatic heterocycles. The van der Waals surface area contributed by atoms with Gasteiger partial charge in [0.15, 0.2) is 6.61 Å². The van der Waals surface area contributed by atoms with Crippen molar-refractivity contribution in [2.24, 2.45) is 7.05 Å². The Morgan fingerprint density at radius 3 is 2.86 bits per heavy atom. The van der Waals surface area contributed by atoms with Gasteiger partial charge in [0.05, 0.1) is 5.69 Å². The van der Waals surface area contributed by atoms with E-state index in [0.29, 0.717) is 17.1 Å². The molecule has 1 amide bonds. The fraction of sp³-hybridized carbons (Fsp3) is 0.154. The molecule has 0 saturated heterocycles. The summed E-state index contributed by atoms with van der Waals surface area (Å²) in [5.41, 5.74) is 6.78. The highest BCUT2D eigenvalue weighted by Crippen LogP contribution is 2.28. The summed E-state index contributed by atoms with van der Waals surface area (Å²) in [6.07, 6.45) is 3.03. The molecule has 0 aliphatic carbocycles. The maximum absolute atomic E-state index is 10.9. The van der Waals surface area contributed by atoms with Gasteiger partial charge in [0.25, 0.3) is 5.91 Å². The predicted molar refractivity (Wildman–Crippen MR) is 75.1 cm³/mol. The van der Waals surface area contributed by atoms with E-state index in [1.165, 1.54) is 10.8 Å². The first-order valence-electron chi connectivity index (χ1n) is 6.00. The number of anilines is 2. The second-order valence-corrected chi connectivity index (χ2v) is 4.26. The van der Waals surface area contributed by atoms with Crippen molar-refractivity contribution in [1.82, 2.24) is 9.55 Å². The summed E-state index contributed by atoms with van der Waals surface area (Å²) in [6, 6.07) is 5.15. The third-order valence-corrected chi connectivity index (χ3v) is 2.65. The third kappa shape index (κ3) is 3.50. The minimum absolute atomic E-state index is 0.0648. The van der Waals surface area contributed by atoms with E-state index >= 15 is 0 Å². The summed E-state index contributed by atoms with van der Waals surface area (Å²) in [5.74, 6) is -0.408. The summed E-state index contributed by atoms with van der Waals surface area (Å²) in [4.78, 5) is 24.6. The SMILES string of the molecule is Cn1ccnc1C(=O)O.Nc1ccc2c(c1)NC(=O)CO2. The lowest BCUT2D eigenvalue weighted by Crippen LogP contribution is -2.25. The molecule has 8 heteroatoms. The standard InChI is InChI=1S/C8H8N2O2.C5H6N2O2/c9-5-1-2-7-6(3-5)10-8(11)4-12-7;1-7-3-2-6-4(7)5(8)9/h1-3H,4,9H2,(H,10,11);2-3H,1H3,(H,8,9). The van der Waals surface area contributed by atoms with Crippen LogP contribution in [0.15, 0.2) is 30.6 Å². The molecule has 0 spiro atoms. The number of aryl methyl sites for hydroxylation is 1. The summed E-state index contributed by atoms with van der Waals surface area (Å²) in [7, 11) is 1.64. The lowest BCUT2D eigenvalue weighted by molar-refractivity contribution is -0.118. The van der Waals surface area contributed by atoms with Crippen LogP contribution >= 0.6 is 0 Å². The number of hydrogen-bond acceptors (Lipinski definition) is 5. The summed E-state index contributed by atoms with van der Waals surface area (Å²) >= 11 is 0. The molecule has 0 bridgehead atoms. The molecule has 0 saturated carbocycles. The van der Waals surface area contributed by atoms with Crippen molar-refractivity contribution in [3.8, 4) is 5.75 Å². The van der Waals surface area contributed by atoms with Crippen LogP contribution in [0.4, 0.5) is 11.4 Å². The number of aromatic nitrogens is 2. The number of carboxylic acid groups (broad SMARTS) is 1. The van der Waals surface area contributed by atoms with Crippen LogP contribution < -0.4 is 15.8 Å². The average molecular weight is 290 g/mol. The van der Waals surface area contributed by atoms with Crippen molar-refractivity contribution in [3.05, 3.63) is 36.4 Å². The average Bonchev–Trinajstić information content (AvgIpc) is 2.85. The van der Waals surface area contributed by atoms with Gasteiger partial charge in [0.2, 0.25) is 5.82 Å². The first-order valence-corrected chi connectivity index (χ1v) is 6.00. The normalized spacial score (nSPS) is 12.3. The molecule has 1 aliphatic rings. The largest absolute Gasteiger partial charge is 0.482 e. The number of rotatable bonds is 1. The minimum atomic E-state index is -0.998. The number of nitrogen functional groups attached to an aromatic ring is 1. The Kier molecular flexibility index (Phi) is 4.07. The zero-order chi connectivity index (χ0) is 15.4. The monoisotopic (exact) mass is 290 g/mol. The third-order valence-electron chi connectivity index (χ3n) is 2.65. The molecule has 2 aromatic rings. The van der Waals surface area contributed by atoms with E-state index in [0.717, 1.165) is 0 Å². The van der Waals surface area contributed by atoms with Crippen LogP contribution in [0.5, 0.6) is 5.75 Å². The maximum Gasteiger partial charge on any atom is 0.372 e. The number of benzene rings is 1. The van der Waals surface area contributed by atoms with Gasteiger partial charge in [-0.1, -0.05) is 0 Å². The van der Waals surface area contributed by atoms with Gasteiger partial charge in [0, 0.05) is 25.1 Å². The molecule has 0 atom stereocenters. The molecule has 8 nitrogen and oxygen atoms in total. The molecule has 21 heavy (non-hydrogen) atoms. The van der Waals surface area contributed by atoms with Gasteiger partial charge in [-0.15, -0.1) is 0 Å². The van der Waals surface area contributed by atoms with Crippen LogP contribution in [0.25, 0.3) is 0 Å². The van der Waals surface area contributed by atoms with Crippen LogP contribution in [0, 0.1) is 0 Å². The van der Waals surface area contributed by atoms with Gasteiger partial charge in [-0.25, -0.2) is 9.78 Å². The molecular weight excluding hydrogens is 276 g/mol. The number of carboxylic acids is 1.